The summed E-state index contributed by atoms with van der Waals surface area (Å²) in [5, 5.41) is 1.82. The summed E-state index contributed by atoms with van der Waals surface area (Å²) in [6.07, 6.45) is 0.315. The van der Waals surface area contributed by atoms with Crippen LogP contribution in [0.1, 0.15) is 21.5 Å². The monoisotopic (exact) mass is 312 g/mol. The van der Waals surface area contributed by atoms with Crippen LogP contribution in [-0.2, 0) is 6.42 Å². The molecule has 0 aliphatic rings. The fourth-order valence-corrected chi connectivity index (χ4v) is 2.75. The van der Waals surface area contributed by atoms with Crippen molar-refractivity contribution in [2.75, 3.05) is 0 Å². The van der Waals surface area contributed by atoms with Crippen molar-refractivity contribution in [3.63, 3.8) is 0 Å². The summed E-state index contributed by atoms with van der Waals surface area (Å²) >= 11 is 4.81. The van der Waals surface area contributed by atoms with Gasteiger partial charge in [-0.2, -0.15) is 0 Å². The Hall–Kier alpha value is -1.00. The summed E-state index contributed by atoms with van der Waals surface area (Å²) < 4.78 is 13.9. The molecule has 0 bridgehead atoms. The number of benzene rings is 1. The van der Waals surface area contributed by atoms with E-state index in [0.717, 1.165) is 14.9 Å². The molecule has 0 radical (unpaired) electrons. The minimum absolute atomic E-state index is 0.0571. The predicted octanol–water partition coefficient (Wildman–Crippen LogP) is 4.38. The molecule has 0 fully saturated rings. The van der Waals surface area contributed by atoms with Crippen molar-refractivity contribution < 1.29 is 9.18 Å². The molecule has 4 heteroatoms. The van der Waals surface area contributed by atoms with Crippen LogP contribution in [0.3, 0.4) is 0 Å². The molecule has 0 aliphatic heterocycles. The van der Waals surface area contributed by atoms with Crippen molar-refractivity contribution in [1.29, 1.82) is 0 Å². The van der Waals surface area contributed by atoms with Gasteiger partial charge in [-0.3, -0.25) is 4.79 Å². The Kier molecular flexibility index (Phi) is 3.74. The van der Waals surface area contributed by atoms with Crippen LogP contribution in [0.15, 0.2) is 33.4 Å². The van der Waals surface area contributed by atoms with E-state index < -0.39 is 0 Å². The topological polar surface area (TPSA) is 17.1 Å². The van der Waals surface area contributed by atoms with Gasteiger partial charge < -0.3 is 0 Å². The average molecular weight is 313 g/mol. The Morgan fingerprint density at radius 3 is 2.76 bits per heavy atom. The molecule has 0 amide bonds. The molecule has 2 rings (SSSR count). The van der Waals surface area contributed by atoms with Crippen molar-refractivity contribution in [2.24, 2.45) is 0 Å². The van der Waals surface area contributed by atoms with Crippen LogP contribution in [0.2, 0.25) is 0 Å². The molecule has 1 nitrogen and oxygen atoms in total. The van der Waals surface area contributed by atoms with Gasteiger partial charge in [0.05, 0.1) is 3.79 Å². The lowest BCUT2D eigenvalue weighted by atomic mass is 10.0. The highest BCUT2D eigenvalue weighted by molar-refractivity contribution is 9.11. The third-order valence-electron chi connectivity index (χ3n) is 2.55. The number of halogens is 2. The maximum atomic E-state index is 12.9. The first kappa shape index (κ1) is 12.5. The number of thiophene rings is 1. The number of hydrogen-bond donors (Lipinski definition) is 0. The number of hydrogen-bond acceptors (Lipinski definition) is 2. The highest BCUT2D eigenvalue weighted by Gasteiger charge is 2.10. The van der Waals surface area contributed by atoms with Gasteiger partial charge in [0.15, 0.2) is 5.78 Å². The molecule has 1 aromatic carbocycles. The number of carbonyl (C=O) groups is 1. The molecule has 1 heterocycles. The van der Waals surface area contributed by atoms with Gasteiger partial charge in [0.25, 0.3) is 0 Å². The minimum Gasteiger partial charge on any atom is -0.294 e. The Labute approximate surface area is 111 Å². The van der Waals surface area contributed by atoms with E-state index in [-0.39, 0.29) is 11.6 Å². The van der Waals surface area contributed by atoms with Crippen LogP contribution in [0.25, 0.3) is 0 Å². The third kappa shape index (κ3) is 3.01. The first-order chi connectivity index (χ1) is 8.06. The van der Waals surface area contributed by atoms with Gasteiger partial charge in [0.2, 0.25) is 0 Å². The number of aryl methyl sites for hydroxylation is 1. The van der Waals surface area contributed by atoms with E-state index >= 15 is 0 Å². The zero-order chi connectivity index (χ0) is 12.4. The van der Waals surface area contributed by atoms with Gasteiger partial charge in [-0.05, 0) is 52.2 Å². The highest BCUT2D eigenvalue weighted by Crippen LogP contribution is 2.22. The van der Waals surface area contributed by atoms with Crippen LogP contribution in [0.5, 0.6) is 0 Å². The van der Waals surface area contributed by atoms with E-state index in [0.29, 0.717) is 12.0 Å². The molecule has 0 saturated carbocycles. The fraction of sp³-hybridized carbons (Fsp3) is 0.154. The number of Topliss-reactive ketones (excluding diaryl/α,β-unsaturated/α-hetero) is 1. The SMILES string of the molecule is Cc1cc(F)ccc1CC(=O)c1csc(Br)c1. The normalized spacial score (nSPS) is 10.5. The maximum absolute atomic E-state index is 12.9. The van der Waals surface area contributed by atoms with Crippen molar-refractivity contribution in [2.45, 2.75) is 13.3 Å². The van der Waals surface area contributed by atoms with Crippen LogP contribution >= 0.6 is 27.3 Å². The largest absolute Gasteiger partial charge is 0.294 e. The first-order valence-corrected chi connectivity index (χ1v) is 6.76. The summed E-state index contributed by atoms with van der Waals surface area (Å²) in [6.45, 7) is 1.81. The fourth-order valence-electron chi connectivity index (χ4n) is 1.59. The van der Waals surface area contributed by atoms with E-state index in [1.165, 1.54) is 23.5 Å². The average Bonchev–Trinajstić information content (AvgIpc) is 2.69. The van der Waals surface area contributed by atoms with Crippen molar-refractivity contribution >= 4 is 33.0 Å². The number of rotatable bonds is 3. The van der Waals surface area contributed by atoms with Crippen LogP contribution in [-0.4, -0.2) is 5.78 Å². The molecule has 0 saturated heterocycles. The quantitative estimate of drug-likeness (QED) is 0.768. The zero-order valence-corrected chi connectivity index (χ0v) is 11.6. The molecule has 0 atom stereocenters. The van der Waals surface area contributed by atoms with Crippen molar-refractivity contribution in [3.8, 4) is 0 Å². The Balaban J connectivity index is 2.18. The summed E-state index contributed by atoms with van der Waals surface area (Å²) in [7, 11) is 0. The molecule has 0 N–H and O–H groups in total. The lowest BCUT2D eigenvalue weighted by Crippen LogP contribution is -2.03. The van der Waals surface area contributed by atoms with E-state index in [2.05, 4.69) is 15.9 Å². The smallest absolute Gasteiger partial charge is 0.168 e. The van der Waals surface area contributed by atoms with Gasteiger partial charge in [0.1, 0.15) is 5.82 Å². The van der Waals surface area contributed by atoms with E-state index in [1.54, 1.807) is 6.07 Å². The van der Waals surface area contributed by atoms with Gasteiger partial charge in [-0.1, -0.05) is 6.07 Å². The van der Waals surface area contributed by atoms with E-state index in [9.17, 15) is 9.18 Å². The van der Waals surface area contributed by atoms with Crippen LogP contribution in [0.4, 0.5) is 4.39 Å². The Morgan fingerprint density at radius 1 is 1.41 bits per heavy atom. The van der Waals surface area contributed by atoms with Crippen LogP contribution < -0.4 is 0 Å². The van der Waals surface area contributed by atoms with Crippen LogP contribution in [0, 0.1) is 12.7 Å². The molecule has 88 valence electrons. The van der Waals surface area contributed by atoms with Crippen molar-refractivity contribution in [3.05, 3.63) is 55.9 Å². The summed E-state index contributed by atoms with van der Waals surface area (Å²) in [5.41, 5.74) is 2.39. The summed E-state index contributed by atoms with van der Waals surface area (Å²) in [6, 6.07) is 6.32. The molecule has 2 aromatic rings. The van der Waals surface area contributed by atoms with E-state index in [1.807, 2.05) is 18.4 Å². The molecule has 0 aliphatic carbocycles. The highest BCUT2D eigenvalue weighted by atomic mass is 79.9. The second-order valence-electron chi connectivity index (χ2n) is 3.81. The minimum atomic E-state index is -0.267. The van der Waals surface area contributed by atoms with Gasteiger partial charge in [-0.15, -0.1) is 11.3 Å². The summed E-state index contributed by atoms with van der Waals surface area (Å²) in [5.74, 6) is -0.210. The molecule has 1 aromatic heterocycles. The number of carbonyl (C=O) groups excluding carboxylic acids is 1. The van der Waals surface area contributed by atoms with Gasteiger partial charge in [-0.25, -0.2) is 4.39 Å². The lowest BCUT2D eigenvalue weighted by molar-refractivity contribution is 0.0993. The third-order valence-corrected chi connectivity index (χ3v) is 4.05. The van der Waals surface area contributed by atoms with Gasteiger partial charge in [0, 0.05) is 17.4 Å². The van der Waals surface area contributed by atoms with Crippen molar-refractivity contribution in [1.82, 2.24) is 0 Å². The predicted molar refractivity (Wildman–Crippen MR) is 71.2 cm³/mol. The molecule has 17 heavy (non-hydrogen) atoms. The number of ketones is 1. The Bertz CT molecular complexity index is 562. The Morgan fingerprint density at radius 2 is 2.18 bits per heavy atom. The maximum Gasteiger partial charge on any atom is 0.168 e. The standard InChI is InChI=1S/C13H10BrFOS/c1-8-4-11(15)3-2-9(8)5-12(16)10-6-13(14)17-7-10/h2-4,6-7H,5H2,1H3. The zero-order valence-electron chi connectivity index (χ0n) is 9.17. The molecule has 0 unspecified atom stereocenters. The molecular weight excluding hydrogens is 303 g/mol. The second-order valence-corrected chi connectivity index (χ2v) is 6.10. The first-order valence-electron chi connectivity index (χ1n) is 5.08. The molecule has 0 spiro atoms. The van der Waals surface area contributed by atoms with Gasteiger partial charge >= 0.3 is 0 Å². The van der Waals surface area contributed by atoms with E-state index in [4.69, 9.17) is 0 Å². The second kappa shape index (κ2) is 5.10. The summed E-state index contributed by atoms with van der Waals surface area (Å²) in [4.78, 5) is 12.0. The molecular formula is C13H10BrFOS. The lowest BCUT2D eigenvalue weighted by Gasteiger charge is -2.04.